The van der Waals surface area contributed by atoms with Crippen molar-refractivity contribution >= 4 is 62.7 Å². The monoisotopic (exact) mass is 340 g/mol. The van der Waals surface area contributed by atoms with E-state index in [1.54, 1.807) is 0 Å². The summed E-state index contributed by atoms with van der Waals surface area (Å²) < 4.78 is 13.2. The average Bonchev–Trinajstić information content (AvgIpc) is 1.80. The van der Waals surface area contributed by atoms with Crippen molar-refractivity contribution in [1.82, 2.24) is 0 Å². The molecule has 13 heavy (non-hydrogen) atoms. The van der Waals surface area contributed by atoms with Gasteiger partial charge in [0.2, 0.25) is 0 Å². The minimum Gasteiger partial charge on any atom is -0.790 e. The van der Waals surface area contributed by atoms with Crippen molar-refractivity contribution in [3.63, 3.8) is 0 Å². The first-order chi connectivity index (χ1) is 4.87. The molecule has 1 unspecified atom stereocenters. The van der Waals surface area contributed by atoms with Crippen LogP contribution >= 0.6 is 7.82 Å². The molecular formula is C3H7BaO8P. The summed E-state index contributed by atoms with van der Waals surface area (Å²) in [6, 6.07) is 0. The fourth-order valence-electron chi connectivity index (χ4n) is 0.312. The van der Waals surface area contributed by atoms with E-state index in [-0.39, 0.29) is 54.4 Å². The Hall–Kier alpha value is 1.07. The molecule has 1 atom stereocenters. The van der Waals surface area contributed by atoms with Gasteiger partial charge in [-0.2, -0.15) is 0 Å². The van der Waals surface area contributed by atoms with E-state index in [2.05, 4.69) is 4.52 Å². The number of phosphoric ester groups is 1. The summed E-state index contributed by atoms with van der Waals surface area (Å²) in [5, 5.41) is 16.2. The molecular weight excluding hydrogens is 332 g/mol. The number of phosphoric acid groups is 1. The predicted octanol–water partition coefficient (Wildman–Crippen LogP) is -3.93. The summed E-state index contributed by atoms with van der Waals surface area (Å²) in [4.78, 5) is 29.5. The number of carboxylic acid groups (broad SMARTS) is 1. The fourth-order valence-corrected chi connectivity index (χ4v) is 0.781. The van der Waals surface area contributed by atoms with Crippen LogP contribution in [0.5, 0.6) is 0 Å². The fraction of sp³-hybridized carbons (Fsp3) is 0.667. The quantitative estimate of drug-likeness (QED) is 0.390. The van der Waals surface area contributed by atoms with E-state index in [1.807, 2.05) is 0 Å². The van der Waals surface area contributed by atoms with E-state index >= 15 is 0 Å². The van der Waals surface area contributed by atoms with E-state index < -0.39 is 26.5 Å². The number of carboxylic acids is 1. The zero-order valence-electron chi connectivity index (χ0n) is 6.37. The van der Waals surface area contributed by atoms with Gasteiger partial charge in [-0.05, 0) is 0 Å². The zero-order chi connectivity index (χ0) is 9.07. The summed E-state index contributed by atoms with van der Waals surface area (Å²) in [6.45, 7) is -1.07. The summed E-state index contributed by atoms with van der Waals surface area (Å²) >= 11 is 0. The predicted molar refractivity (Wildman–Crippen MR) is 36.6 cm³/mol. The van der Waals surface area contributed by atoms with Crippen LogP contribution in [-0.4, -0.2) is 83.3 Å². The molecule has 10 heteroatoms. The first-order valence-corrected chi connectivity index (χ1v) is 3.87. The number of hydrogen-bond donors (Lipinski definition) is 2. The minimum atomic E-state index is -5.33. The molecule has 74 valence electrons. The van der Waals surface area contributed by atoms with E-state index in [0.29, 0.717) is 0 Å². The van der Waals surface area contributed by atoms with Crippen LogP contribution in [0.2, 0.25) is 0 Å². The van der Waals surface area contributed by atoms with Crippen LogP contribution < -0.4 is 9.79 Å². The topological polar surface area (TPSA) is 161 Å². The van der Waals surface area contributed by atoms with Crippen LogP contribution in [0.1, 0.15) is 0 Å². The molecule has 0 aliphatic rings. The maximum atomic E-state index is 9.92. The minimum absolute atomic E-state index is 0. The largest absolute Gasteiger partial charge is 2.00 e. The van der Waals surface area contributed by atoms with Crippen molar-refractivity contribution in [2.75, 3.05) is 6.61 Å². The third kappa shape index (κ3) is 11.0. The Morgan fingerprint density at radius 2 is 1.92 bits per heavy atom. The normalized spacial score (nSPS) is 12.2. The second kappa shape index (κ2) is 8.39. The van der Waals surface area contributed by atoms with Gasteiger partial charge in [-0.3, -0.25) is 0 Å². The van der Waals surface area contributed by atoms with Gasteiger partial charge < -0.3 is 34.6 Å². The second-order valence-electron chi connectivity index (χ2n) is 1.56. The van der Waals surface area contributed by atoms with Crippen molar-refractivity contribution in [2.24, 2.45) is 0 Å². The molecule has 0 saturated carbocycles. The van der Waals surface area contributed by atoms with Crippen molar-refractivity contribution < 1.29 is 39.4 Å². The van der Waals surface area contributed by atoms with Gasteiger partial charge in [-0.1, -0.05) is 0 Å². The Morgan fingerprint density at radius 1 is 1.54 bits per heavy atom. The average molecular weight is 339 g/mol. The SMILES string of the molecule is O.O=C(O)C(CO)OP(=O)([O-])[O-].[Ba+2]. The molecule has 4 N–H and O–H groups in total. The molecule has 8 nitrogen and oxygen atoms in total. The Morgan fingerprint density at radius 3 is 2.00 bits per heavy atom. The maximum absolute atomic E-state index is 9.92. The van der Waals surface area contributed by atoms with Crippen LogP contribution in [0.3, 0.4) is 0 Å². The summed E-state index contributed by atoms with van der Waals surface area (Å²) in [5.74, 6) is -1.71. The molecule has 0 rings (SSSR count). The van der Waals surface area contributed by atoms with Gasteiger partial charge in [-0.15, -0.1) is 0 Å². The Kier molecular flexibility index (Phi) is 12.7. The molecule has 0 saturated heterocycles. The first kappa shape index (κ1) is 19.6. The number of carbonyl (C=O) groups is 1. The van der Waals surface area contributed by atoms with E-state index in [0.717, 1.165) is 0 Å². The molecule has 0 radical (unpaired) electrons. The molecule has 0 aromatic carbocycles. The van der Waals surface area contributed by atoms with E-state index in [9.17, 15) is 19.1 Å². The molecule has 0 fully saturated rings. The van der Waals surface area contributed by atoms with Crippen molar-refractivity contribution in [2.45, 2.75) is 6.10 Å². The molecule has 0 aliphatic heterocycles. The molecule has 0 aromatic rings. The van der Waals surface area contributed by atoms with Gasteiger partial charge in [0.05, 0.1) is 14.4 Å². The molecule has 0 amide bonds. The number of hydrogen-bond acceptors (Lipinski definition) is 6. The standard InChI is InChI=1S/C3H7O7P.Ba.H2O/c4-1-2(3(5)6)10-11(7,8)9;;/h2,4H,1H2,(H,5,6)(H2,7,8,9);;1H2/q;+2;/p-2. The molecule has 0 aromatic heterocycles. The molecule has 0 aliphatic carbocycles. The van der Waals surface area contributed by atoms with Crippen LogP contribution in [0.25, 0.3) is 0 Å². The van der Waals surface area contributed by atoms with Crippen LogP contribution in [0.4, 0.5) is 0 Å². The smallest absolute Gasteiger partial charge is 0.790 e. The van der Waals surface area contributed by atoms with Gasteiger partial charge in [-0.25, -0.2) is 4.79 Å². The van der Waals surface area contributed by atoms with Gasteiger partial charge in [0.15, 0.2) is 6.10 Å². The molecule has 0 bridgehead atoms. The van der Waals surface area contributed by atoms with E-state index in [4.69, 9.17) is 10.2 Å². The van der Waals surface area contributed by atoms with Crippen LogP contribution in [0, 0.1) is 0 Å². The molecule has 0 spiro atoms. The summed E-state index contributed by atoms with van der Waals surface area (Å²) in [7, 11) is -5.33. The summed E-state index contributed by atoms with van der Waals surface area (Å²) in [5.41, 5.74) is 0. The number of aliphatic hydroxyl groups excluding tert-OH is 1. The van der Waals surface area contributed by atoms with Crippen molar-refractivity contribution in [3.05, 3.63) is 0 Å². The summed E-state index contributed by atoms with van der Waals surface area (Å²) in [6.07, 6.45) is -2.00. The van der Waals surface area contributed by atoms with Crippen molar-refractivity contribution in [1.29, 1.82) is 0 Å². The Balaban J connectivity index is -0.000000500. The third-order valence-corrected chi connectivity index (χ3v) is 1.21. The van der Waals surface area contributed by atoms with Gasteiger partial charge in [0.1, 0.15) is 0 Å². The van der Waals surface area contributed by atoms with E-state index in [1.165, 1.54) is 0 Å². The third-order valence-electron chi connectivity index (χ3n) is 0.698. The van der Waals surface area contributed by atoms with Gasteiger partial charge >= 0.3 is 54.9 Å². The Bertz CT molecular complexity index is 188. The van der Waals surface area contributed by atoms with Crippen LogP contribution in [0.15, 0.2) is 0 Å². The van der Waals surface area contributed by atoms with Crippen LogP contribution in [-0.2, 0) is 13.9 Å². The number of aliphatic carboxylic acids is 1. The number of aliphatic hydroxyl groups is 1. The number of rotatable bonds is 4. The van der Waals surface area contributed by atoms with Gasteiger partial charge in [0.25, 0.3) is 0 Å². The van der Waals surface area contributed by atoms with Gasteiger partial charge in [0, 0.05) is 0 Å². The Labute approximate surface area is 114 Å². The molecule has 0 heterocycles. The maximum Gasteiger partial charge on any atom is 2.00 e. The first-order valence-electron chi connectivity index (χ1n) is 2.41. The zero-order valence-corrected chi connectivity index (χ0v) is 11.7. The van der Waals surface area contributed by atoms with Crippen molar-refractivity contribution in [3.8, 4) is 0 Å². The second-order valence-corrected chi connectivity index (χ2v) is 2.67.